The van der Waals surface area contributed by atoms with Crippen LogP contribution in [-0.4, -0.2) is 37.2 Å². The van der Waals surface area contributed by atoms with E-state index in [1.54, 1.807) is 0 Å². The van der Waals surface area contributed by atoms with Crippen molar-refractivity contribution in [2.24, 2.45) is 0 Å². The van der Waals surface area contributed by atoms with Crippen LogP contribution in [0.5, 0.6) is 0 Å². The van der Waals surface area contributed by atoms with Crippen LogP contribution in [0, 0.1) is 0 Å². The lowest BCUT2D eigenvalue weighted by atomic mass is 10.0. The zero-order chi connectivity index (χ0) is 50.0. The summed E-state index contributed by atoms with van der Waals surface area (Å²) in [5, 5.41) is 0. The van der Waals surface area contributed by atoms with E-state index >= 15 is 0 Å². The third kappa shape index (κ3) is 55.9. The fourth-order valence-electron chi connectivity index (χ4n) is 8.60. The topological polar surface area (TPSA) is 78.9 Å². The standard InChI is InChI=1S/C63H112O6/c1-4-7-10-13-16-19-22-25-28-30-31-33-35-38-41-44-47-50-53-56-62(65)68-59-60(58-67-61(64)55-52-49-46-43-40-37-34-27-24-21-18-15-12-9-6-3)69-63(66)57-54-51-48-45-42-39-36-32-29-26-23-20-17-14-11-8-5-2/h8,11,17,20,26,29,36,39,45,48,60H,4-7,9-10,12-16,18-19,21-25,27-28,30-35,37-38,40-44,46-47,49-59H2,1-3H3/b11-8+,20-17+,29-26+,39-36+,48-45+/t60-/m1/s1. The summed E-state index contributed by atoms with van der Waals surface area (Å²) in [6, 6.07) is 0. The van der Waals surface area contributed by atoms with Crippen LogP contribution in [0.3, 0.4) is 0 Å². The molecule has 0 amide bonds. The Labute approximate surface area is 428 Å². The number of allylic oxidation sites excluding steroid dienone is 10. The van der Waals surface area contributed by atoms with Gasteiger partial charge in [0.2, 0.25) is 0 Å². The van der Waals surface area contributed by atoms with Crippen LogP contribution in [0.15, 0.2) is 60.8 Å². The Bertz CT molecular complexity index is 1250. The van der Waals surface area contributed by atoms with E-state index in [2.05, 4.69) is 81.5 Å². The lowest BCUT2D eigenvalue weighted by molar-refractivity contribution is -0.167. The highest BCUT2D eigenvalue weighted by atomic mass is 16.6. The molecule has 69 heavy (non-hydrogen) atoms. The first kappa shape index (κ1) is 66.1. The van der Waals surface area contributed by atoms with Gasteiger partial charge in [0.15, 0.2) is 6.10 Å². The van der Waals surface area contributed by atoms with Gasteiger partial charge in [0.05, 0.1) is 0 Å². The minimum Gasteiger partial charge on any atom is -0.462 e. The molecule has 1 atom stereocenters. The minimum atomic E-state index is -0.801. The molecule has 6 heteroatoms. The van der Waals surface area contributed by atoms with Crippen LogP contribution >= 0.6 is 0 Å². The normalized spacial score (nSPS) is 12.4. The number of unbranched alkanes of at least 4 members (excludes halogenated alkanes) is 33. The number of ether oxygens (including phenoxy) is 3. The average molecular weight is 966 g/mol. The first-order valence-corrected chi connectivity index (χ1v) is 29.8. The van der Waals surface area contributed by atoms with Crippen LogP contribution in [0.4, 0.5) is 0 Å². The van der Waals surface area contributed by atoms with Gasteiger partial charge in [0.1, 0.15) is 13.2 Å². The Morgan fingerprint density at radius 3 is 0.870 bits per heavy atom. The number of carbonyl (C=O) groups excluding carboxylic acids is 3. The predicted molar refractivity (Wildman–Crippen MR) is 298 cm³/mol. The van der Waals surface area contributed by atoms with Gasteiger partial charge in [-0.1, -0.05) is 287 Å². The molecular formula is C63H112O6. The van der Waals surface area contributed by atoms with Gasteiger partial charge < -0.3 is 14.2 Å². The molecule has 0 aliphatic heterocycles. The SMILES string of the molecule is CC/C=C/C/C=C/C/C=C/C/C=C/C/C=C/CCCC(=O)O[C@H](COC(=O)CCCCCCCCCCCCCCCCC)COC(=O)CCCCCCCCCCCCCCCCCCCCC. The largest absolute Gasteiger partial charge is 0.462 e. The molecule has 0 aromatic carbocycles. The van der Waals surface area contributed by atoms with Crippen molar-refractivity contribution in [3.8, 4) is 0 Å². The third-order valence-corrected chi connectivity index (χ3v) is 13.0. The van der Waals surface area contributed by atoms with E-state index in [0.29, 0.717) is 19.3 Å². The zero-order valence-electron chi connectivity index (χ0n) is 45.8. The summed E-state index contributed by atoms with van der Waals surface area (Å²) in [6.07, 6.45) is 72.2. The molecular weight excluding hydrogens is 853 g/mol. The molecule has 0 saturated heterocycles. The fraction of sp³-hybridized carbons (Fsp3) is 0.794. The smallest absolute Gasteiger partial charge is 0.306 e. The molecule has 0 saturated carbocycles. The maximum absolute atomic E-state index is 12.8. The number of carbonyl (C=O) groups is 3. The maximum atomic E-state index is 12.8. The average Bonchev–Trinajstić information content (AvgIpc) is 3.35. The van der Waals surface area contributed by atoms with Gasteiger partial charge >= 0.3 is 17.9 Å². The Kier molecular flexibility index (Phi) is 55.3. The molecule has 0 fully saturated rings. The van der Waals surface area contributed by atoms with E-state index < -0.39 is 6.10 Å². The molecule has 0 bridgehead atoms. The monoisotopic (exact) mass is 965 g/mol. The molecule has 0 rings (SSSR count). The summed E-state index contributed by atoms with van der Waals surface area (Å²) >= 11 is 0. The van der Waals surface area contributed by atoms with Crippen molar-refractivity contribution < 1.29 is 28.6 Å². The van der Waals surface area contributed by atoms with Gasteiger partial charge in [-0.05, 0) is 57.8 Å². The summed E-state index contributed by atoms with van der Waals surface area (Å²) in [6.45, 7) is 6.52. The Morgan fingerprint density at radius 1 is 0.304 bits per heavy atom. The van der Waals surface area contributed by atoms with E-state index in [4.69, 9.17) is 14.2 Å². The molecule has 0 heterocycles. The molecule has 0 radical (unpaired) electrons. The van der Waals surface area contributed by atoms with Gasteiger partial charge in [0.25, 0.3) is 0 Å². The molecule has 0 spiro atoms. The van der Waals surface area contributed by atoms with Crippen LogP contribution in [-0.2, 0) is 28.6 Å². The quantitative estimate of drug-likeness (QED) is 0.0262. The fourth-order valence-corrected chi connectivity index (χ4v) is 8.60. The second-order valence-corrected chi connectivity index (χ2v) is 19.9. The molecule has 0 unspecified atom stereocenters. The Morgan fingerprint density at radius 2 is 0.565 bits per heavy atom. The van der Waals surface area contributed by atoms with Crippen molar-refractivity contribution in [2.75, 3.05) is 13.2 Å². The molecule has 6 nitrogen and oxygen atoms in total. The van der Waals surface area contributed by atoms with Crippen molar-refractivity contribution in [2.45, 2.75) is 309 Å². The van der Waals surface area contributed by atoms with Crippen LogP contribution < -0.4 is 0 Å². The number of hydrogen-bond donors (Lipinski definition) is 0. The van der Waals surface area contributed by atoms with Gasteiger partial charge in [-0.15, -0.1) is 0 Å². The van der Waals surface area contributed by atoms with E-state index in [-0.39, 0.29) is 37.5 Å². The van der Waals surface area contributed by atoms with Gasteiger partial charge in [-0.2, -0.15) is 0 Å². The Balaban J connectivity index is 4.41. The first-order chi connectivity index (χ1) is 34.0. The van der Waals surface area contributed by atoms with Crippen LogP contribution in [0.2, 0.25) is 0 Å². The summed E-state index contributed by atoms with van der Waals surface area (Å²) in [4.78, 5) is 38.2. The zero-order valence-corrected chi connectivity index (χ0v) is 45.8. The molecule has 0 aliphatic carbocycles. The van der Waals surface area contributed by atoms with E-state index in [1.165, 1.54) is 180 Å². The first-order valence-electron chi connectivity index (χ1n) is 29.8. The van der Waals surface area contributed by atoms with E-state index in [9.17, 15) is 14.4 Å². The molecule has 0 aliphatic rings. The van der Waals surface area contributed by atoms with Crippen LogP contribution in [0.25, 0.3) is 0 Å². The van der Waals surface area contributed by atoms with Gasteiger partial charge in [-0.25, -0.2) is 0 Å². The summed E-state index contributed by atoms with van der Waals surface area (Å²) in [7, 11) is 0. The highest BCUT2D eigenvalue weighted by Crippen LogP contribution is 2.17. The highest BCUT2D eigenvalue weighted by Gasteiger charge is 2.19. The van der Waals surface area contributed by atoms with Crippen molar-refractivity contribution in [1.82, 2.24) is 0 Å². The second-order valence-electron chi connectivity index (χ2n) is 19.9. The molecule has 0 N–H and O–H groups in total. The minimum absolute atomic E-state index is 0.0926. The summed E-state index contributed by atoms with van der Waals surface area (Å²) < 4.78 is 16.8. The second kappa shape index (κ2) is 57.7. The molecule has 0 aromatic heterocycles. The van der Waals surface area contributed by atoms with Gasteiger partial charge in [-0.3, -0.25) is 14.4 Å². The highest BCUT2D eigenvalue weighted by molar-refractivity contribution is 5.71. The molecule has 400 valence electrons. The summed E-state index contributed by atoms with van der Waals surface area (Å²) in [5.74, 6) is -0.934. The van der Waals surface area contributed by atoms with Crippen LogP contribution in [0.1, 0.15) is 303 Å². The number of esters is 3. The maximum Gasteiger partial charge on any atom is 0.306 e. The van der Waals surface area contributed by atoms with Crippen molar-refractivity contribution in [3.63, 3.8) is 0 Å². The van der Waals surface area contributed by atoms with E-state index in [0.717, 1.165) is 77.0 Å². The third-order valence-electron chi connectivity index (χ3n) is 13.0. The van der Waals surface area contributed by atoms with Crippen molar-refractivity contribution in [3.05, 3.63) is 60.8 Å². The molecule has 0 aromatic rings. The predicted octanol–water partition coefficient (Wildman–Crippen LogP) is 20.0. The van der Waals surface area contributed by atoms with Crippen molar-refractivity contribution in [1.29, 1.82) is 0 Å². The lowest BCUT2D eigenvalue weighted by Gasteiger charge is -2.18. The van der Waals surface area contributed by atoms with Crippen molar-refractivity contribution >= 4 is 17.9 Å². The Hall–Kier alpha value is -2.89. The lowest BCUT2D eigenvalue weighted by Crippen LogP contribution is -2.30. The number of rotatable bonds is 54. The number of hydrogen-bond acceptors (Lipinski definition) is 6. The van der Waals surface area contributed by atoms with E-state index in [1.807, 2.05) is 0 Å². The summed E-state index contributed by atoms with van der Waals surface area (Å²) in [5.41, 5.74) is 0. The van der Waals surface area contributed by atoms with Gasteiger partial charge in [0, 0.05) is 19.3 Å².